The number of fused-ring (bicyclic) bond motifs is 1. The van der Waals surface area contributed by atoms with Gasteiger partial charge in [0.15, 0.2) is 0 Å². The van der Waals surface area contributed by atoms with Gasteiger partial charge in [-0.2, -0.15) is 14.7 Å². The number of hydrogen-bond acceptors (Lipinski definition) is 7. The average Bonchev–Trinajstić information content (AvgIpc) is 3.45. The van der Waals surface area contributed by atoms with Crippen molar-refractivity contribution in [3.63, 3.8) is 0 Å². The summed E-state index contributed by atoms with van der Waals surface area (Å²) in [5, 5.41) is 14.6. The first-order valence-electron chi connectivity index (χ1n) is 10.9. The van der Waals surface area contributed by atoms with E-state index in [0.717, 1.165) is 18.2 Å². The molecule has 3 aromatic rings. The third kappa shape index (κ3) is 4.12. The summed E-state index contributed by atoms with van der Waals surface area (Å²) in [6, 6.07) is 4.00. The Morgan fingerprint density at radius 1 is 1.33 bits per heavy atom. The molecule has 0 unspecified atom stereocenters. The Morgan fingerprint density at radius 3 is 2.82 bits per heavy atom. The Bertz CT molecular complexity index is 1310. The number of H-pyrrole nitrogens is 1. The fourth-order valence-corrected chi connectivity index (χ4v) is 5.29. The maximum atomic E-state index is 12.8. The predicted molar refractivity (Wildman–Crippen MR) is 122 cm³/mol. The summed E-state index contributed by atoms with van der Waals surface area (Å²) in [4.78, 5) is 20.2. The maximum Gasteiger partial charge on any atom is 0.340 e. The highest BCUT2D eigenvalue weighted by Gasteiger charge is 2.49. The van der Waals surface area contributed by atoms with E-state index in [9.17, 15) is 18.5 Å². The van der Waals surface area contributed by atoms with Crippen molar-refractivity contribution in [1.82, 2.24) is 24.1 Å². The second kappa shape index (κ2) is 8.96. The van der Waals surface area contributed by atoms with Crippen LogP contribution in [-0.4, -0.2) is 63.9 Å². The lowest BCUT2D eigenvalue weighted by molar-refractivity contribution is 0.0500. The first kappa shape index (κ1) is 22.9. The van der Waals surface area contributed by atoms with Gasteiger partial charge in [-0.25, -0.2) is 18.2 Å². The molecule has 0 atom stereocenters. The van der Waals surface area contributed by atoms with Crippen molar-refractivity contribution in [3.8, 4) is 17.2 Å². The molecule has 4 rings (SSSR count). The van der Waals surface area contributed by atoms with Crippen LogP contribution in [0.5, 0.6) is 0 Å². The number of unbranched alkanes of at least 4 members (excludes halogenated alkanes) is 1. The normalized spacial score (nSPS) is 15.8. The fraction of sp³-hybridized carbons (Fsp3) is 0.455. The number of aromatic amines is 1. The van der Waals surface area contributed by atoms with Crippen LogP contribution in [0.1, 0.15) is 43.5 Å². The van der Waals surface area contributed by atoms with E-state index in [-0.39, 0.29) is 25.3 Å². The van der Waals surface area contributed by atoms with E-state index in [2.05, 4.69) is 21.1 Å². The highest BCUT2D eigenvalue weighted by Crippen LogP contribution is 2.37. The molecule has 10 nitrogen and oxygen atoms in total. The molecule has 0 radical (unpaired) electrons. The van der Waals surface area contributed by atoms with Gasteiger partial charge in [-0.1, -0.05) is 13.3 Å². The molecule has 0 aromatic carbocycles. The second-order valence-electron chi connectivity index (χ2n) is 8.18. The fourth-order valence-electron chi connectivity index (χ4n) is 4.05. The molecule has 0 bridgehead atoms. The lowest BCUT2D eigenvalue weighted by Crippen LogP contribution is -2.64. The number of pyridine rings is 1. The minimum Gasteiger partial charge on any atom is -0.462 e. The number of ether oxygens (including phenoxy) is 1. The molecule has 1 aliphatic heterocycles. The Labute approximate surface area is 192 Å². The van der Waals surface area contributed by atoms with Crippen molar-refractivity contribution in [2.75, 3.05) is 25.4 Å². The molecule has 0 amide bonds. The van der Waals surface area contributed by atoms with E-state index in [1.165, 1.54) is 10.5 Å². The van der Waals surface area contributed by atoms with Gasteiger partial charge in [0.2, 0.25) is 10.0 Å². The largest absolute Gasteiger partial charge is 0.462 e. The predicted octanol–water partition coefficient (Wildman–Crippen LogP) is 2.66. The number of nitrogens with one attached hydrogen (secondary N) is 1. The number of rotatable bonds is 9. The van der Waals surface area contributed by atoms with Crippen LogP contribution in [0.15, 0.2) is 30.9 Å². The summed E-state index contributed by atoms with van der Waals surface area (Å²) in [7, 11) is -3.35. The van der Waals surface area contributed by atoms with Crippen LogP contribution >= 0.6 is 0 Å². The zero-order valence-corrected chi connectivity index (χ0v) is 19.4. The quantitative estimate of drug-likeness (QED) is 0.375. The molecule has 4 heterocycles. The summed E-state index contributed by atoms with van der Waals surface area (Å²) in [5.41, 5.74) is 1.51. The number of nitriles is 1. The van der Waals surface area contributed by atoms with E-state index >= 15 is 0 Å². The Kier molecular flexibility index (Phi) is 6.23. The van der Waals surface area contributed by atoms with E-state index in [4.69, 9.17) is 4.74 Å². The Morgan fingerprint density at radius 2 is 2.12 bits per heavy atom. The molecule has 3 aromatic heterocycles. The van der Waals surface area contributed by atoms with E-state index in [0.29, 0.717) is 28.9 Å². The Balaban J connectivity index is 1.72. The Hall–Kier alpha value is -3.23. The number of carbonyl (C=O) groups excluding carboxylic acids is 1. The summed E-state index contributed by atoms with van der Waals surface area (Å²) >= 11 is 0. The zero-order chi connectivity index (χ0) is 23.6. The number of esters is 1. The third-order valence-corrected chi connectivity index (χ3v) is 7.78. The van der Waals surface area contributed by atoms with Gasteiger partial charge in [-0.3, -0.25) is 4.68 Å². The van der Waals surface area contributed by atoms with Gasteiger partial charge in [-0.05, 0) is 19.4 Å². The SMILES string of the molecule is CCCCOC(=O)c1cnc2[nH]ccc2c1-c1cnn(C2(CC#N)CN(S(=O)(=O)CC)C2)c1. The molecule has 1 N–H and O–H groups in total. The second-order valence-corrected chi connectivity index (χ2v) is 10.4. The standard InChI is InChI=1S/C22H26N6O4S/c1-3-5-10-32-21(29)18-12-25-20-17(6-9-24-20)19(18)16-11-26-28(13-16)22(7-8-23)14-27(15-22)33(30,31)4-2/h6,9,11-13H,3-5,7,10,14-15H2,1-2H3,(H,24,25). The topological polar surface area (TPSA) is 134 Å². The van der Waals surface area contributed by atoms with Crippen LogP contribution < -0.4 is 0 Å². The van der Waals surface area contributed by atoms with Gasteiger partial charge in [0.1, 0.15) is 11.2 Å². The smallest absolute Gasteiger partial charge is 0.340 e. The molecule has 11 heteroatoms. The number of hydrogen-bond donors (Lipinski definition) is 1. The van der Waals surface area contributed by atoms with Crippen molar-refractivity contribution in [1.29, 1.82) is 5.26 Å². The first-order valence-corrected chi connectivity index (χ1v) is 12.5. The van der Waals surface area contributed by atoms with Crippen LogP contribution in [0.2, 0.25) is 0 Å². The van der Waals surface area contributed by atoms with Gasteiger partial charge < -0.3 is 9.72 Å². The number of nitrogens with zero attached hydrogens (tertiary/aromatic N) is 5. The lowest BCUT2D eigenvalue weighted by Gasteiger charge is -2.47. The van der Waals surface area contributed by atoms with Crippen molar-refractivity contribution >= 4 is 27.0 Å². The summed E-state index contributed by atoms with van der Waals surface area (Å²) in [5.74, 6) is -0.455. The summed E-state index contributed by atoms with van der Waals surface area (Å²) in [6.45, 7) is 4.30. The van der Waals surface area contributed by atoms with Crippen molar-refractivity contribution in [2.24, 2.45) is 0 Å². The van der Waals surface area contributed by atoms with Crippen LogP contribution in [0.4, 0.5) is 0 Å². The summed E-state index contributed by atoms with van der Waals surface area (Å²) < 4.78 is 32.9. The highest BCUT2D eigenvalue weighted by molar-refractivity contribution is 7.89. The molecule has 0 spiro atoms. The molecule has 0 saturated carbocycles. The monoisotopic (exact) mass is 470 g/mol. The van der Waals surface area contributed by atoms with Gasteiger partial charge in [-0.15, -0.1) is 0 Å². The van der Waals surface area contributed by atoms with Crippen LogP contribution in [0, 0.1) is 11.3 Å². The maximum absolute atomic E-state index is 12.8. The van der Waals surface area contributed by atoms with Crippen LogP contribution in [0.25, 0.3) is 22.2 Å². The number of aromatic nitrogens is 4. The van der Waals surface area contributed by atoms with Crippen LogP contribution in [0.3, 0.4) is 0 Å². The molecular formula is C22H26N6O4S. The molecule has 33 heavy (non-hydrogen) atoms. The van der Waals surface area contributed by atoms with Gasteiger partial charge >= 0.3 is 5.97 Å². The summed E-state index contributed by atoms with van der Waals surface area (Å²) in [6.07, 6.45) is 8.42. The van der Waals surface area contributed by atoms with Crippen molar-refractivity contribution in [3.05, 3.63) is 36.4 Å². The van der Waals surface area contributed by atoms with E-state index < -0.39 is 21.5 Å². The van der Waals surface area contributed by atoms with Gasteiger partial charge in [0, 0.05) is 48.2 Å². The molecule has 1 saturated heterocycles. The zero-order valence-electron chi connectivity index (χ0n) is 18.6. The average molecular weight is 471 g/mol. The minimum absolute atomic E-state index is 0.00593. The van der Waals surface area contributed by atoms with Gasteiger partial charge in [0.05, 0.1) is 36.6 Å². The highest BCUT2D eigenvalue weighted by atomic mass is 32.2. The van der Waals surface area contributed by atoms with Gasteiger partial charge in [0.25, 0.3) is 0 Å². The van der Waals surface area contributed by atoms with Crippen molar-refractivity contribution in [2.45, 2.75) is 38.6 Å². The lowest BCUT2D eigenvalue weighted by atomic mass is 9.89. The molecule has 0 aliphatic carbocycles. The molecule has 1 fully saturated rings. The molecular weight excluding hydrogens is 444 g/mol. The molecule has 1 aliphatic rings. The number of sulfonamides is 1. The van der Waals surface area contributed by atoms with Crippen molar-refractivity contribution < 1.29 is 17.9 Å². The number of carbonyl (C=O) groups is 1. The third-order valence-electron chi connectivity index (χ3n) is 6.00. The minimum atomic E-state index is -3.35. The first-order chi connectivity index (χ1) is 15.8. The molecule has 174 valence electrons. The van der Waals surface area contributed by atoms with Crippen LogP contribution in [-0.2, 0) is 20.3 Å². The van der Waals surface area contributed by atoms with E-state index in [1.54, 1.807) is 30.2 Å². The van der Waals surface area contributed by atoms with E-state index in [1.807, 2.05) is 13.0 Å².